The number of rotatable bonds is 3. The summed E-state index contributed by atoms with van der Waals surface area (Å²) in [7, 11) is 0. The summed E-state index contributed by atoms with van der Waals surface area (Å²) in [4.78, 5) is 18.6. The van der Waals surface area contributed by atoms with Gasteiger partial charge >= 0.3 is 0 Å². The summed E-state index contributed by atoms with van der Waals surface area (Å²) in [6.45, 7) is 0. The number of aromatic nitrogens is 2. The Bertz CT molecular complexity index is 655. The minimum Gasteiger partial charge on any atom is -0.384 e. The number of nitrogen functional groups attached to an aromatic ring is 1. The average molecular weight is 325 g/mol. The quantitative estimate of drug-likeness (QED) is 0.457. The molecule has 2 rings (SSSR count). The smallest absolute Gasteiger partial charge is 0.251 e. The maximum atomic E-state index is 11.2. The van der Waals surface area contributed by atoms with Crippen molar-refractivity contribution >= 4 is 33.5 Å². The second-order valence-electron chi connectivity index (χ2n) is 3.40. The Morgan fingerprint density at radius 2 is 2.22 bits per heavy atom. The zero-order chi connectivity index (χ0) is 13.1. The van der Waals surface area contributed by atoms with Crippen LogP contribution in [-0.4, -0.2) is 15.8 Å². The number of benzene rings is 1. The largest absolute Gasteiger partial charge is 0.384 e. The van der Waals surface area contributed by atoms with Crippen molar-refractivity contribution < 1.29 is 0 Å². The Labute approximate surface area is 115 Å². The third-order valence-electron chi connectivity index (χ3n) is 2.09. The van der Waals surface area contributed by atoms with Crippen LogP contribution in [0.4, 0.5) is 0 Å². The third kappa shape index (κ3) is 2.99. The SMILES string of the molecule is N=C(N)c1cc(Br)ccc1Sc1nccc(=O)[nH]1. The lowest BCUT2D eigenvalue weighted by atomic mass is 10.2. The number of hydrogen-bond acceptors (Lipinski definition) is 4. The molecule has 0 aliphatic carbocycles. The van der Waals surface area contributed by atoms with Crippen LogP contribution in [-0.2, 0) is 0 Å². The summed E-state index contributed by atoms with van der Waals surface area (Å²) < 4.78 is 0.839. The zero-order valence-electron chi connectivity index (χ0n) is 9.11. The Kier molecular flexibility index (Phi) is 3.83. The van der Waals surface area contributed by atoms with Gasteiger partial charge < -0.3 is 10.7 Å². The Morgan fingerprint density at radius 3 is 2.89 bits per heavy atom. The van der Waals surface area contributed by atoms with Crippen LogP contribution >= 0.6 is 27.7 Å². The minimum absolute atomic E-state index is 0.0305. The Hall–Kier alpha value is -1.60. The van der Waals surface area contributed by atoms with Crippen LogP contribution in [0, 0.1) is 5.41 Å². The molecule has 0 unspecified atom stereocenters. The first-order valence-electron chi connectivity index (χ1n) is 4.93. The van der Waals surface area contributed by atoms with Crippen molar-refractivity contribution in [3.8, 4) is 0 Å². The maximum absolute atomic E-state index is 11.2. The fraction of sp³-hybridized carbons (Fsp3) is 0. The van der Waals surface area contributed by atoms with Crippen molar-refractivity contribution in [2.75, 3.05) is 0 Å². The number of nitrogens with one attached hydrogen (secondary N) is 2. The van der Waals surface area contributed by atoms with Gasteiger partial charge in [-0.15, -0.1) is 0 Å². The molecule has 0 atom stereocenters. The van der Waals surface area contributed by atoms with Crippen LogP contribution in [0.3, 0.4) is 0 Å². The number of nitrogens with two attached hydrogens (primary N) is 1. The van der Waals surface area contributed by atoms with E-state index in [1.54, 1.807) is 6.07 Å². The summed E-state index contributed by atoms with van der Waals surface area (Å²) in [5.41, 5.74) is 5.91. The van der Waals surface area contributed by atoms with Crippen LogP contribution in [0.1, 0.15) is 5.56 Å². The van der Waals surface area contributed by atoms with Gasteiger partial charge in [-0.1, -0.05) is 27.7 Å². The molecule has 4 N–H and O–H groups in total. The van der Waals surface area contributed by atoms with Crippen molar-refractivity contribution in [1.29, 1.82) is 5.41 Å². The number of H-pyrrole nitrogens is 1. The van der Waals surface area contributed by atoms with Gasteiger partial charge in [-0.05, 0) is 18.2 Å². The van der Waals surface area contributed by atoms with Gasteiger partial charge in [0.05, 0.1) is 0 Å². The molecule has 1 heterocycles. The van der Waals surface area contributed by atoms with Crippen LogP contribution in [0.5, 0.6) is 0 Å². The monoisotopic (exact) mass is 324 g/mol. The molecule has 0 aliphatic rings. The number of hydrogen-bond donors (Lipinski definition) is 3. The number of amidine groups is 1. The van der Waals surface area contributed by atoms with E-state index in [0.717, 1.165) is 9.37 Å². The van der Waals surface area contributed by atoms with Crippen LogP contribution in [0.2, 0.25) is 0 Å². The molecular formula is C11H9BrN4OS. The molecular weight excluding hydrogens is 316 g/mol. The van der Waals surface area contributed by atoms with E-state index in [2.05, 4.69) is 25.9 Å². The van der Waals surface area contributed by atoms with E-state index in [1.807, 2.05) is 12.1 Å². The lowest BCUT2D eigenvalue weighted by Gasteiger charge is -2.07. The highest BCUT2D eigenvalue weighted by molar-refractivity contribution is 9.10. The van der Waals surface area contributed by atoms with Crippen molar-refractivity contribution in [1.82, 2.24) is 9.97 Å². The summed E-state index contributed by atoms with van der Waals surface area (Å²) in [5.74, 6) is -0.0305. The zero-order valence-corrected chi connectivity index (χ0v) is 11.5. The standard InChI is InChI=1S/C11H9BrN4OS/c12-6-1-2-8(7(5-6)10(13)14)18-11-15-4-3-9(17)16-11/h1-5H,(H3,13,14)(H,15,16,17). The van der Waals surface area contributed by atoms with Crippen LogP contribution < -0.4 is 11.3 Å². The minimum atomic E-state index is -0.214. The van der Waals surface area contributed by atoms with Crippen LogP contribution in [0.25, 0.3) is 0 Å². The first-order valence-corrected chi connectivity index (χ1v) is 6.54. The number of halogens is 1. The van der Waals surface area contributed by atoms with Gasteiger partial charge in [0.15, 0.2) is 5.16 Å². The van der Waals surface area contributed by atoms with Crippen molar-refractivity contribution in [2.45, 2.75) is 10.1 Å². The van der Waals surface area contributed by atoms with Gasteiger partial charge in [-0.2, -0.15) is 0 Å². The molecule has 92 valence electrons. The van der Waals surface area contributed by atoms with Crippen molar-refractivity contribution in [3.05, 3.63) is 50.9 Å². The molecule has 0 aliphatic heterocycles. The van der Waals surface area contributed by atoms with E-state index in [1.165, 1.54) is 24.0 Å². The molecule has 2 aromatic rings. The van der Waals surface area contributed by atoms with E-state index < -0.39 is 0 Å². The maximum Gasteiger partial charge on any atom is 0.251 e. The van der Waals surface area contributed by atoms with E-state index in [9.17, 15) is 4.79 Å². The number of nitrogens with zero attached hydrogens (tertiary/aromatic N) is 1. The molecule has 0 spiro atoms. The summed E-state index contributed by atoms with van der Waals surface area (Å²) in [6.07, 6.45) is 1.44. The molecule has 0 saturated carbocycles. The summed E-state index contributed by atoms with van der Waals surface area (Å²) in [6, 6.07) is 6.76. The molecule has 0 radical (unpaired) electrons. The molecule has 1 aromatic heterocycles. The van der Waals surface area contributed by atoms with E-state index in [-0.39, 0.29) is 11.4 Å². The highest BCUT2D eigenvalue weighted by Crippen LogP contribution is 2.29. The molecule has 0 amide bonds. The van der Waals surface area contributed by atoms with E-state index >= 15 is 0 Å². The van der Waals surface area contributed by atoms with Gasteiger partial charge in [0.1, 0.15) is 5.84 Å². The predicted octanol–water partition coefficient (Wildman–Crippen LogP) is 1.97. The molecule has 7 heteroatoms. The molecule has 0 fully saturated rings. The predicted molar refractivity (Wildman–Crippen MR) is 74.1 cm³/mol. The molecule has 1 aromatic carbocycles. The molecule has 18 heavy (non-hydrogen) atoms. The Balaban J connectivity index is 2.40. The van der Waals surface area contributed by atoms with E-state index in [4.69, 9.17) is 11.1 Å². The third-order valence-corrected chi connectivity index (χ3v) is 3.56. The first kappa shape index (κ1) is 12.8. The van der Waals surface area contributed by atoms with E-state index in [0.29, 0.717) is 10.7 Å². The normalized spacial score (nSPS) is 10.3. The van der Waals surface area contributed by atoms with Crippen LogP contribution in [0.15, 0.2) is 49.8 Å². The topological polar surface area (TPSA) is 95.6 Å². The molecule has 5 nitrogen and oxygen atoms in total. The summed E-state index contributed by atoms with van der Waals surface area (Å²) >= 11 is 4.58. The van der Waals surface area contributed by atoms with Gasteiger partial charge in [0, 0.05) is 27.2 Å². The number of aromatic amines is 1. The summed E-state index contributed by atoms with van der Waals surface area (Å²) in [5, 5.41) is 8.00. The van der Waals surface area contributed by atoms with Gasteiger partial charge in [0.2, 0.25) is 0 Å². The fourth-order valence-corrected chi connectivity index (χ4v) is 2.56. The average Bonchev–Trinajstić information content (AvgIpc) is 2.31. The first-order chi connectivity index (χ1) is 8.56. The van der Waals surface area contributed by atoms with Gasteiger partial charge in [-0.3, -0.25) is 10.2 Å². The highest BCUT2D eigenvalue weighted by Gasteiger charge is 2.09. The van der Waals surface area contributed by atoms with Crippen molar-refractivity contribution in [2.24, 2.45) is 5.73 Å². The van der Waals surface area contributed by atoms with Gasteiger partial charge in [-0.25, -0.2) is 4.98 Å². The highest BCUT2D eigenvalue weighted by atomic mass is 79.9. The fourth-order valence-electron chi connectivity index (χ4n) is 1.31. The molecule has 0 bridgehead atoms. The van der Waals surface area contributed by atoms with Crippen molar-refractivity contribution in [3.63, 3.8) is 0 Å². The molecule has 0 saturated heterocycles. The Morgan fingerprint density at radius 1 is 1.44 bits per heavy atom. The second-order valence-corrected chi connectivity index (χ2v) is 5.34. The van der Waals surface area contributed by atoms with Gasteiger partial charge in [0.25, 0.3) is 5.56 Å². The second kappa shape index (κ2) is 5.36. The lowest BCUT2D eigenvalue weighted by molar-refractivity contribution is 0.936. The lowest BCUT2D eigenvalue weighted by Crippen LogP contribution is -2.12.